The number of nitrogens with zero attached hydrogens (tertiary/aromatic N) is 2. The first-order valence-electron chi connectivity index (χ1n) is 15.5. The highest BCUT2D eigenvalue weighted by Crippen LogP contribution is 2.40. The van der Waals surface area contributed by atoms with Crippen LogP contribution < -0.4 is 4.90 Å². The molecule has 0 saturated heterocycles. The molecule has 0 fully saturated rings. The molecule has 3 nitrogen and oxygen atoms in total. The van der Waals surface area contributed by atoms with Crippen LogP contribution >= 0.6 is 0 Å². The van der Waals surface area contributed by atoms with Gasteiger partial charge in [0.1, 0.15) is 5.58 Å². The zero-order valence-corrected chi connectivity index (χ0v) is 25.0. The highest BCUT2D eigenvalue weighted by molar-refractivity contribution is 6.06. The van der Waals surface area contributed by atoms with Crippen LogP contribution in [0.3, 0.4) is 0 Å². The van der Waals surface area contributed by atoms with Crippen LogP contribution in [0.1, 0.15) is 0 Å². The third kappa shape index (κ3) is 4.41. The van der Waals surface area contributed by atoms with Crippen molar-refractivity contribution in [2.45, 2.75) is 0 Å². The Labute approximate surface area is 266 Å². The molecule has 7 aromatic carbocycles. The number of benzene rings is 7. The fraction of sp³-hybridized carbons (Fsp3) is 0. The van der Waals surface area contributed by atoms with Crippen LogP contribution in [-0.4, -0.2) is 4.98 Å². The molecule has 0 radical (unpaired) electrons. The second-order valence-corrected chi connectivity index (χ2v) is 11.6. The van der Waals surface area contributed by atoms with Gasteiger partial charge in [0, 0.05) is 34.0 Å². The molecule has 2 aromatic heterocycles. The Morgan fingerprint density at radius 1 is 0.413 bits per heavy atom. The van der Waals surface area contributed by atoms with E-state index in [1.54, 1.807) is 6.20 Å². The number of rotatable bonds is 5. The minimum absolute atomic E-state index is 0.792. The highest BCUT2D eigenvalue weighted by atomic mass is 16.3. The lowest BCUT2D eigenvalue weighted by atomic mass is 9.97. The summed E-state index contributed by atoms with van der Waals surface area (Å²) in [6, 6.07) is 56.4. The van der Waals surface area contributed by atoms with Crippen molar-refractivity contribution in [3.05, 3.63) is 170 Å². The number of hydrogen-bond donors (Lipinski definition) is 0. The van der Waals surface area contributed by atoms with E-state index in [4.69, 9.17) is 4.42 Å². The molecule has 0 aliphatic heterocycles. The summed E-state index contributed by atoms with van der Waals surface area (Å²) in [5, 5.41) is 7.13. The van der Waals surface area contributed by atoms with Crippen LogP contribution in [0.5, 0.6) is 0 Å². The summed E-state index contributed by atoms with van der Waals surface area (Å²) in [5.41, 5.74) is 9.70. The fourth-order valence-corrected chi connectivity index (χ4v) is 6.74. The van der Waals surface area contributed by atoms with E-state index in [-0.39, 0.29) is 0 Å². The smallest absolute Gasteiger partial charge is 0.153 e. The van der Waals surface area contributed by atoms with Crippen molar-refractivity contribution in [2.24, 2.45) is 0 Å². The molecule has 2 heterocycles. The van der Waals surface area contributed by atoms with E-state index in [2.05, 4.69) is 162 Å². The van der Waals surface area contributed by atoms with E-state index >= 15 is 0 Å². The Balaban J connectivity index is 1.17. The number of hydrogen-bond acceptors (Lipinski definition) is 3. The van der Waals surface area contributed by atoms with Crippen molar-refractivity contribution in [2.75, 3.05) is 4.90 Å². The average Bonchev–Trinajstić information content (AvgIpc) is 3.50. The van der Waals surface area contributed by atoms with Gasteiger partial charge in [-0.2, -0.15) is 0 Å². The molecule has 0 aliphatic rings. The quantitative estimate of drug-likeness (QED) is 0.200. The molecule has 216 valence electrons. The SMILES string of the molecule is c1ccc2c(-c3ccc(N(c4ccc(-c5cccc6ccccc56)cc4)c4ccc5oc6cnccc6c5c4)cc3)cccc2c1. The first-order chi connectivity index (χ1) is 22.8. The maximum atomic E-state index is 6.12. The van der Waals surface area contributed by atoms with Crippen LogP contribution in [0.25, 0.3) is 65.7 Å². The molecule has 0 aliphatic carbocycles. The Bertz CT molecular complexity index is 2390. The topological polar surface area (TPSA) is 29.3 Å². The van der Waals surface area contributed by atoms with Gasteiger partial charge in [0.2, 0.25) is 0 Å². The lowest BCUT2D eigenvalue weighted by Crippen LogP contribution is -2.09. The molecule has 46 heavy (non-hydrogen) atoms. The summed E-state index contributed by atoms with van der Waals surface area (Å²) >= 11 is 0. The van der Waals surface area contributed by atoms with Crippen molar-refractivity contribution < 1.29 is 4.42 Å². The molecule has 0 spiro atoms. The second-order valence-electron chi connectivity index (χ2n) is 11.6. The van der Waals surface area contributed by atoms with E-state index in [1.807, 2.05) is 12.3 Å². The molecule has 0 unspecified atom stereocenters. The summed E-state index contributed by atoms with van der Waals surface area (Å²) in [6.07, 6.45) is 3.60. The van der Waals surface area contributed by atoms with Gasteiger partial charge in [0.25, 0.3) is 0 Å². The van der Waals surface area contributed by atoms with Crippen molar-refractivity contribution in [1.29, 1.82) is 0 Å². The predicted molar refractivity (Wildman–Crippen MR) is 192 cm³/mol. The third-order valence-electron chi connectivity index (χ3n) is 8.97. The normalized spacial score (nSPS) is 11.5. The molecule has 0 amide bonds. The number of furan rings is 1. The minimum atomic E-state index is 0.792. The van der Waals surface area contributed by atoms with Crippen LogP contribution in [0.15, 0.2) is 175 Å². The molecule has 9 rings (SSSR count). The Morgan fingerprint density at radius 2 is 0.957 bits per heavy atom. The first-order valence-corrected chi connectivity index (χ1v) is 15.5. The molecular formula is C43H28N2O. The van der Waals surface area contributed by atoms with Crippen molar-refractivity contribution >= 4 is 60.5 Å². The maximum absolute atomic E-state index is 6.12. The van der Waals surface area contributed by atoms with Gasteiger partial charge in [0.15, 0.2) is 5.58 Å². The van der Waals surface area contributed by atoms with Gasteiger partial charge in [-0.1, -0.05) is 109 Å². The van der Waals surface area contributed by atoms with Gasteiger partial charge >= 0.3 is 0 Å². The van der Waals surface area contributed by atoms with Crippen molar-refractivity contribution in [3.8, 4) is 22.3 Å². The van der Waals surface area contributed by atoms with Gasteiger partial charge in [-0.3, -0.25) is 4.98 Å². The maximum Gasteiger partial charge on any atom is 0.153 e. The number of anilines is 3. The molecule has 0 saturated carbocycles. The number of fused-ring (bicyclic) bond motifs is 5. The van der Waals surface area contributed by atoms with E-state index in [0.29, 0.717) is 0 Å². The zero-order chi connectivity index (χ0) is 30.5. The molecular weight excluding hydrogens is 560 g/mol. The van der Waals surface area contributed by atoms with Gasteiger partial charge in [-0.05, 0) is 92.3 Å². The average molecular weight is 589 g/mol. The van der Waals surface area contributed by atoms with Gasteiger partial charge < -0.3 is 9.32 Å². The molecule has 0 bridgehead atoms. The summed E-state index contributed by atoms with van der Waals surface area (Å²) in [7, 11) is 0. The molecule has 3 heteroatoms. The Kier molecular flexibility index (Phi) is 6.14. The predicted octanol–water partition coefficient (Wildman–Crippen LogP) is 12.1. The van der Waals surface area contributed by atoms with Crippen LogP contribution in [0, 0.1) is 0 Å². The van der Waals surface area contributed by atoms with E-state index < -0.39 is 0 Å². The monoisotopic (exact) mass is 588 g/mol. The standard InChI is InChI=1S/C43H28N2O/c1-3-11-36-29(7-1)9-5-13-38(36)31-15-19-33(20-16-31)45(35-23-24-42-41(27-35)40-25-26-44-28-43(40)46-42)34-21-17-32(18-22-34)39-14-6-10-30-8-2-4-12-37(30)39/h1-28H. The van der Waals surface area contributed by atoms with E-state index in [9.17, 15) is 0 Å². The zero-order valence-electron chi connectivity index (χ0n) is 25.0. The molecule has 9 aromatic rings. The molecule has 0 atom stereocenters. The first kappa shape index (κ1) is 26.2. The third-order valence-corrected chi connectivity index (χ3v) is 8.97. The lowest BCUT2D eigenvalue weighted by molar-refractivity contribution is 0.667. The van der Waals surface area contributed by atoms with Crippen LogP contribution in [-0.2, 0) is 0 Å². The van der Waals surface area contributed by atoms with Gasteiger partial charge in [-0.15, -0.1) is 0 Å². The lowest BCUT2D eigenvalue weighted by Gasteiger charge is -2.26. The molecule has 0 N–H and O–H groups in total. The van der Waals surface area contributed by atoms with Crippen LogP contribution in [0.2, 0.25) is 0 Å². The van der Waals surface area contributed by atoms with Gasteiger partial charge in [0.05, 0.1) is 6.20 Å². The van der Waals surface area contributed by atoms with E-state index in [0.717, 1.165) is 39.0 Å². The minimum Gasteiger partial charge on any atom is -0.454 e. The Morgan fingerprint density at radius 3 is 1.57 bits per heavy atom. The fourth-order valence-electron chi connectivity index (χ4n) is 6.74. The van der Waals surface area contributed by atoms with Gasteiger partial charge in [-0.25, -0.2) is 0 Å². The Hall–Kier alpha value is -6.19. The highest BCUT2D eigenvalue weighted by Gasteiger charge is 2.17. The van der Waals surface area contributed by atoms with Crippen molar-refractivity contribution in [3.63, 3.8) is 0 Å². The summed E-state index contributed by atoms with van der Waals surface area (Å²) < 4.78 is 6.12. The second kappa shape index (κ2) is 10.8. The van der Waals surface area contributed by atoms with Crippen LogP contribution in [0.4, 0.5) is 17.1 Å². The largest absolute Gasteiger partial charge is 0.454 e. The summed E-state index contributed by atoms with van der Waals surface area (Å²) in [4.78, 5) is 6.58. The summed E-state index contributed by atoms with van der Waals surface area (Å²) in [5.74, 6) is 0. The number of aromatic nitrogens is 1. The van der Waals surface area contributed by atoms with Crippen molar-refractivity contribution in [1.82, 2.24) is 4.98 Å². The summed E-state index contributed by atoms with van der Waals surface area (Å²) in [6.45, 7) is 0. The number of pyridine rings is 1. The van der Waals surface area contributed by atoms with E-state index in [1.165, 1.54) is 43.8 Å².